The molecule has 0 fully saturated rings. The molecule has 0 aliphatic heterocycles. The number of aromatic amines is 1. The zero-order chi connectivity index (χ0) is 14.7. The first-order chi connectivity index (χ1) is 10.2. The standard InChI is InChI=1S/C15H15FN4O/c16-12-5-1-10(2-6-12)11-3-7-13(8-4-11)18-15(21)14-9-17-20-19-14/h1-3,5-6,9,13H,4,7-8H2,(H,18,21)(H,17,19,20)/t13-/m0/s1. The number of aromatic nitrogens is 3. The lowest BCUT2D eigenvalue weighted by Crippen LogP contribution is -2.35. The van der Waals surface area contributed by atoms with E-state index in [0.717, 1.165) is 24.8 Å². The number of hydrogen-bond acceptors (Lipinski definition) is 3. The summed E-state index contributed by atoms with van der Waals surface area (Å²) in [6.45, 7) is 0. The topological polar surface area (TPSA) is 70.7 Å². The summed E-state index contributed by atoms with van der Waals surface area (Å²) in [7, 11) is 0. The molecule has 1 amide bonds. The minimum absolute atomic E-state index is 0.0957. The predicted octanol–water partition coefficient (Wildman–Crippen LogP) is 2.31. The van der Waals surface area contributed by atoms with Gasteiger partial charge in [-0.1, -0.05) is 18.2 Å². The van der Waals surface area contributed by atoms with Crippen LogP contribution in [0.5, 0.6) is 0 Å². The molecule has 0 spiro atoms. The molecular formula is C15H15FN4O. The van der Waals surface area contributed by atoms with Gasteiger partial charge in [-0.2, -0.15) is 15.4 Å². The Bertz CT molecular complexity index is 649. The average molecular weight is 286 g/mol. The van der Waals surface area contributed by atoms with Gasteiger partial charge in [-0.25, -0.2) is 4.39 Å². The molecule has 0 saturated carbocycles. The fourth-order valence-corrected chi connectivity index (χ4v) is 2.46. The number of hydrogen-bond donors (Lipinski definition) is 2. The van der Waals surface area contributed by atoms with Gasteiger partial charge in [0.2, 0.25) is 0 Å². The van der Waals surface area contributed by atoms with E-state index in [2.05, 4.69) is 26.8 Å². The molecule has 108 valence electrons. The first-order valence-corrected chi connectivity index (χ1v) is 6.84. The Hall–Kier alpha value is -2.50. The van der Waals surface area contributed by atoms with Crippen LogP contribution in [-0.2, 0) is 0 Å². The molecule has 21 heavy (non-hydrogen) atoms. The van der Waals surface area contributed by atoms with Crippen LogP contribution < -0.4 is 5.32 Å². The van der Waals surface area contributed by atoms with Crippen molar-refractivity contribution in [3.8, 4) is 0 Å². The molecule has 6 heteroatoms. The lowest BCUT2D eigenvalue weighted by molar-refractivity contribution is 0.0930. The van der Waals surface area contributed by atoms with Crippen LogP contribution in [0.25, 0.3) is 5.57 Å². The largest absolute Gasteiger partial charge is 0.348 e. The van der Waals surface area contributed by atoms with Gasteiger partial charge in [0.1, 0.15) is 5.82 Å². The summed E-state index contributed by atoms with van der Waals surface area (Å²) < 4.78 is 12.9. The van der Waals surface area contributed by atoms with E-state index in [1.807, 2.05) is 0 Å². The van der Waals surface area contributed by atoms with Crippen molar-refractivity contribution in [2.24, 2.45) is 0 Å². The number of nitrogens with one attached hydrogen (secondary N) is 2. The van der Waals surface area contributed by atoms with Crippen molar-refractivity contribution in [1.82, 2.24) is 20.7 Å². The van der Waals surface area contributed by atoms with E-state index < -0.39 is 0 Å². The number of nitrogens with zero attached hydrogens (tertiary/aromatic N) is 2. The van der Waals surface area contributed by atoms with E-state index in [0.29, 0.717) is 5.69 Å². The number of allylic oxidation sites excluding steroid dienone is 1. The maximum atomic E-state index is 12.9. The van der Waals surface area contributed by atoms with Gasteiger partial charge in [0.15, 0.2) is 5.69 Å². The Balaban J connectivity index is 1.61. The molecule has 2 aromatic rings. The number of carbonyl (C=O) groups excluding carboxylic acids is 1. The van der Waals surface area contributed by atoms with Crippen molar-refractivity contribution in [3.05, 3.63) is 53.6 Å². The number of amides is 1. The fourth-order valence-electron chi connectivity index (χ4n) is 2.46. The molecule has 2 N–H and O–H groups in total. The van der Waals surface area contributed by atoms with Crippen LogP contribution in [0.1, 0.15) is 35.3 Å². The lowest BCUT2D eigenvalue weighted by Gasteiger charge is -2.22. The highest BCUT2D eigenvalue weighted by Gasteiger charge is 2.19. The molecule has 1 heterocycles. The van der Waals surface area contributed by atoms with Crippen molar-refractivity contribution in [2.75, 3.05) is 0 Å². The highest BCUT2D eigenvalue weighted by molar-refractivity contribution is 5.92. The lowest BCUT2D eigenvalue weighted by atomic mass is 9.90. The molecule has 1 atom stereocenters. The van der Waals surface area contributed by atoms with Crippen LogP contribution in [0.2, 0.25) is 0 Å². The maximum Gasteiger partial charge on any atom is 0.273 e. The van der Waals surface area contributed by atoms with E-state index in [1.165, 1.54) is 23.9 Å². The summed E-state index contributed by atoms with van der Waals surface area (Å²) >= 11 is 0. The fraction of sp³-hybridized carbons (Fsp3) is 0.267. The molecule has 1 aliphatic rings. The molecule has 5 nitrogen and oxygen atoms in total. The van der Waals surface area contributed by atoms with Gasteiger partial charge in [-0.3, -0.25) is 4.79 Å². The van der Waals surface area contributed by atoms with Crippen molar-refractivity contribution in [3.63, 3.8) is 0 Å². The summed E-state index contributed by atoms with van der Waals surface area (Å²) in [5.41, 5.74) is 2.53. The quantitative estimate of drug-likeness (QED) is 0.909. The van der Waals surface area contributed by atoms with Crippen LogP contribution in [-0.4, -0.2) is 27.4 Å². The van der Waals surface area contributed by atoms with E-state index >= 15 is 0 Å². The van der Waals surface area contributed by atoms with Crippen molar-refractivity contribution in [2.45, 2.75) is 25.3 Å². The molecule has 0 bridgehead atoms. The van der Waals surface area contributed by atoms with Gasteiger partial charge in [0, 0.05) is 6.04 Å². The summed E-state index contributed by atoms with van der Waals surface area (Å²) in [5, 5.41) is 12.7. The van der Waals surface area contributed by atoms with E-state index in [9.17, 15) is 9.18 Å². The smallest absolute Gasteiger partial charge is 0.273 e. The molecule has 1 aromatic carbocycles. The predicted molar refractivity (Wildman–Crippen MR) is 75.9 cm³/mol. The molecule has 3 rings (SSSR count). The highest BCUT2D eigenvalue weighted by atomic mass is 19.1. The second kappa shape index (κ2) is 5.87. The second-order valence-electron chi connectivity index (χ2n) is 5.04. The highest BCUT2D eigenvalue weighted by Crippen LogP contribution is 2.27. The Morgan fingerprint density at radius 1 is 1.33 bits per heavy atom. The summed E-state index contributed by atoms with van der Waals surface area (Å²) in [4.78, 5) is 11.9. The molecule has 1 aliphatic carbocycles. The Labute approximate surface area is 121 Å². The van der Waals surface area contributed by atoms with Gasteiger partial charge in [0.25, 0.3) is 5.91 Å². The molecule has 0 unspecified atom stereocenters. The van der Waals surface area contributed by atoms with Gasteiger partial charge in [-0.15, -0.1) is 0 Å². The third-order valence-corrected chi connectivity index (χ3v) is 3.61. The Morgan fingerprint density at radius 2 is 2.14 bits per heavy atom. The van der Waals surface area contributed by atoms with Crippen LogP contribution in [0.15, 0.2) is 36.5 Å². The van der Waals surface area contributed by atoms with Crippen LogP contribution >= 0.6 is 0 Å². The number of H-pyrrole nitrogens is 1. The van der Waals surface area contributed by atoms with Gasteiger partial charge in [-0.05, 0) is 42.5 Å². The van der Waals surface area contributed by atoms with Gasteiger partial charge >= 0.3 is 0 Å². The average Bonchev–Trinajstić information content (AvgIpc) is 3.03. The first kappa shape index (κ1) is 13.5. The Morgan fingerprint density at radius 3 is 2.76 bits per heavy atom. The van der Waals surface area contributed by atoms with Crippen LogP contribution in [0.3, 0.4) is 0 Å². The van der Waals surface area contributed by atoms with Crippen molar-refractivity contribution in [1.29, 1.82) is 0 Å². The third-order valence-electron chi connectivity index (χ3n) is 3.61. The van der Waals surface area contributed by atoms with Gasteiger partial charge in [0.05, 0.1) is 6.20 Å². The number of carbonyl (C=O) groups is 1. The van der Waals surface area contributed by atoms with E-state index in [4.69, 9.17) is 0 Å². The van der Waals surface area contributed by atoms with E-state index in [-0.39, 0.29) is 17.8 Å². The minimum atomic E-state index is -0.229. The molecule has 0 radical (unpaired) electrons. The number of benzene rings is 1. The second-order valence-corrected chi connectivity index (χ2v) is 5.04. The first-order valence-electron chi connectivity index (χ1n) is 6.84. The number of halogens is 1. The molecule has 0 saturated heterocycles. The number of rotatable bonds is 3. The SMILES string of the molecule is O=C(N[C@H]1CC=C(c2ccc(F)cc2)CC1)c1cn[nH]n1. The molecular weight excluding hydrogens is 271 g/mol. The van der Waals surface area contributed by atoms with E-state index in [1.54, 1.807) is 12.1 Å². The van der Waals surface area contributed by atoms with Crippen LogP contribution in [0, 0.1) is 5.82 Å². The summed E-state index contributed by atoms with van der Waals surface area (Å²) in [5.74, 6) is -0.444. The van der Waals surface area contributed by atoms with Gasteiger partial charge < -0.3 is 5.32 Å². The third kappa shape index (κ3) is 3.16. The zero-order valence-corrected chi connectivity index (χ0v) is 11.3. The zero-order valence-electron chi connectivity index (χ0n) is 11.3. The maximum absolute atomic E-state index is 12.9. The summed E-state index contributed by atoms with van der Waals surface area (Å²) in [6.07, 6.45) is 5.97. The minimum Gasteiger partial charge on any atom is -0.348 e. The summed E-state index contributed by atoms with van der Waals surface area (Å²) in [6, 6.07) is 6.60. The normalized spacial score (nSPS) is 18.1. The Kier molecular flexibility index (Phi) is 3.77. The van der Waals surface area contributed by atoms with Crippen LogP contribution in [0.4, 0.5) is 4.39 Å². The van der Waals surface area contributed by atoms with Crippen molar-refractivity contribution < 1.29 is 9.18 Å². The monoisotopic (exact) mass is 286 g/mol. The van der Waals surface area contributed by atoms with Crippen molar-refractivity contribution >= 4 is 11.5 Å². The molecule has 1 aromatic heterocycles.